The predicted octanol–water partition coefficient (Wildman–Crippen LogP) is 4.43. The molecule has 0 radical (unpaired) electrons. The number of aliphatic imine (C=N–C) groups is 1. The largest absolute Gasteiger partial charge is 0.446 e. The van der Waals surface area contributed by atoms with Crippen LogP contribution >= 0.6 is 11.3 Å². The molecule has 26 nitrogen and oxygen atoms in total. The molecule has 0 saturated heterocycles. The Morgan fingerprint density at radius 2 is 1.19 bits per heavy atom. The summed E-state index contributed by atoms with van der Waals surface area (Å²) in [7, 11) is 0. The Morgan fingerprint density at radius 3 is 1.67 bits per heavy atom. The van der Waals surface area contributed by atoms with Crippen LogP contribution < -0.4 is 26.4 Å². The normalized spacial score (nSPS) is 13.8. The first-order valence-electron chi connectivity index (χ1n) is 30.2. The number of aliphatic hydroxyl groups is 1. The van der Waals surface area contributed by atoms with Gasteiger partial charge in [0.05, 0.1) is 156 Å². The fourth-order valence-electron chi connectivity index (χ4n) is 8.22. The van der Waals surface area contributed by atoms with Gasteiger partial charge in [-0.2, -0.15) is 8.78 Å². The maximum Gasteiger partial charge on any atom is 0.407 e. The van der Waals surface area contributed by atoms with E-state index in [4.69, 9.17) is 62.4 Å². The number of thiophene rings is 1. The number of carbonyl (C=O) groups excluding carboxylic acids is 5. The highest BCUT2D eigenvalue weighted by atomic mass is 32.2. The van der Waals surface area contributed by atoms with Crippen LogP contribution in [-0.2, 0) is 88.8 Å². The number of rotatable bonds is 52. The van der Waals surface area contributed by atoms with Gasteiger partial charge < -0.3 is 93.1 Å². The quantitative estimate of drug-likeness (QED) is 0.0133. The van der Waals surface area contributed by atoms with Gasteiger partial charge in [-0.15, -0.1) is 11.3 Å². The van der Waals surface area contributed by atoms with Crippen molar-refractivity contribution in [2.24, 2.45) is 10.7 Å². The van der Waals surface area contributed by atoms with E-state index in [-0.39, 0.29) is 71.1 Å². The van der Waals surface area contributed by atoms with Crippen molar-refractivity contribution in [3.8, 4) is 5.75 Å². The number of hydrogen-bond acceptors (Lipinski definition) is 22. The van der Waals surface area contributed by atoms with Crippen molar-refractivity contribution in [3.63, 3.8) is 0 Å². The minimum absolute atomic E-state index is 0.00404. The average molecular weight is 1330 g/mol. The van der Waals surface area contributed by atoms with Crippen molar-refractivity contribution in [1.82, 2.24) is 20.9 Å². The van der Waals surface area contributed by atoms with E-state index in [1.807, 2.05) is 19.1 Å². The fourth-order valence-corrected chi connectivity index (χ4v) is 9.82. The van der Waals surface area contributed by atoms with Crippen molar-refractivity contribution in [3.05, 3.63) is 44.7 Å². The van der Waals surface area contributed by atoms with Gasteiger partial charge in [-0.25, -0.2) is 22.8 Å². The number of benzene rings is 1. The number of amides is 4. The van der Waals surface area contributed by atoms with E-state index >= 15 is 0 Å². The minimum Gasteiger partial charge on any atom is -0.446 e. The highest BCUT2D eigenvalue weighted by molar-refractivity contribution is 7.79. The molecule has 1 fully saturated rings. The summed E-state index contributed by atoms with van der Waals surface area (Å²) >= 11 is -1.79. The number of aryl methyl sites for hydroxylation is 1. The maximum atomic E-state index is 14.0. The fraction of sp³-hybridized carbons (Fsp3) is 0.690. The summed E-state index contributed by atoms with van der Waals surface area (Å²) in [5, 5.41) is 17.9. The molecule has 1 aliphatic carbocycles. The highest BCUT2D eigenvalue weighted by Crippen LogP contribution is 2.36. The Balaban J connectivity index is 0.859. The number of alkyl carbamates (subject to hydrolysis) is 1. The third kappa shape index (κ3) is 31.3. The lowest BCUT2D eigenvalue weighted by molar-refractivity contribution is -0.136. The summed E-state index contributed by atoms with van der Waals surface area (Å²) in [6.45, 7) is 8.73. The van der Waals surface area contributed by atoms with Gasteiger partial charge in [0, 0.05) is 49.5 Å². The van der Waals surface area contributed by atoms with Crippen molar-refractivity contribution in [2.45, 2.75) is 101 Å². The molecule has 1 aromatic heterocycles. The van der Waals surface area contributed by atoms with Crippen LogP contribution in [0.1, 0.15) is 87.3 Å². The molecular formula is C58H88F4N6O20S2. The first kappa shape index (κ1) is 77.1. The van der Waals surface area contributed by atoms with Crippen LogP contribution in [0.3, 0.4) is 0 Å². The average Bonchev–Trinajstić information content (AvgIpc) is 0.911. The molecule has 32 heteroatoms. The Bertz CT molecular complexity index is 2520. The van der Waals surface area contributed by atoms with Crippen LogP contribution in [0.15, 0.2) is 21.5 Å². The van der Waals surface area contributed by atoms with Crippen molar-refractivity contribution < 1.29 is 112 Å². The van der Waals surface area contributed by atoms with Gasteiger partial charge in [-0.1, -0.05) is 13.3 Å². The number of nitrogens with zero attached hydrogens (tertiary/aromatic N) is 2. The number of halogens is 4. The Morgan fingerprint density at radius 1 is 0.689 bits per heavy atom. The summed E-state index contributed by atoms with van der Waals surface area (Å²) in [5.74, 6) is -12.2. The molecule has 1 unspecified atom stereocenters. The second-order valence-electron chi connectivity index (χ2n) is 20.1. The lowest BCUT2D eigenvalue weighted by Crippen LogP contribution is -2.49. The number of nitrogens with one attached hydrogen (secondary N) is 3. The third-order valence-electron chi connectivity index (χ3n) is 13.1. The molecule has 1 aliphatic heterocycles. The number of fused-ring (bicyclic) bond motifs is 1. The van der Waals surface area contributed by atoms with Gasteiger partial charge in [0.1, 0.15) is 22.9 Å². The standard InChI is InChI=1S/C58H88F4N6O20S2/c1-2-15-68(16-7-14-65-58(74)87-42-8-6-9-42)57(73)41-37-46-44(66-47(63)38-41)39-43(89-46)10-4-3-5-13-64-56(72)45(40-69)67-48(70)11-17-77-19-21-79-23-25-81-27-29-83-31-33-85-35-36-86-34-32-84-30-28-82-26-24-80-22-20-78-18-12-49(71)88-54-50(59)52(61)55(90(75)76)53(62)51(54)60/h37,39,42,45,69H,2-36,38,40H2,1H3,(H2,63,66)(H,64,72)(H,65,74)(H,67,70)(H,75,76)/t45-/m0/s1. The second kappa shape index (κ2) is 46.7. The zero-order valence-electron chi connectivity index (χ0n) is 51.0. The van der Waals surface area contributed by atoms with Crippen LogP contribution in [0.5, 0.6) is 5.75 Å². The van der Waals surface area contributed by atoms with Crippen molar-refractivity contribution >= 4 is 69.8 Å². The molecule has 7 N–H and O–H groups in total. The summed E-state index contributed by atoms with van der Waals surface area (Å²) in [6, 6.07) is 0.915. The van der Waals surface area contributed by atoms with E-state index in [0.29, 0.717) is 136 Å². The van der Waals surface area contributed by atoms with E-state index in [1.165, 1.54) is 0 Å². The molecule has 90 heavy (non-hydrogen) atoms. The van der Waals surface area contributed by atoms with Gasteiger partial charge >= 0.3 is 12.1 Å². The van der Waals surface area contributed by atoms with E-state index in [2.05, 4.69) is 25.7 Å². The van der Waals surface area contributed by atoms with Crippen LogP contribution in [-0.4, -0.2) is 231 Å². The number of nitrogens with two attached hydrogens (primary N) is 1. The lowest BCUT2D eigenvalue weighted by atomic mass is 9.96. The SMILES string of the molecule is CCCN(CCCNC(=O)OC1CCC1)C(=O)C1=Cc2sc(CCCCCNC(=O)[C@H](CO)NC(=O)CCOCCOCCOCCOCCOCCOCCOCCOCCOCCOCCC(=O)Oc3c(F)c(F)c(S(=O)O)c(F)c3F)cc2N=C(N)C1. The molecule has 1 saturated carbocycles. The zero-order chi connectivity index (χ0) is 65.1. The molecule has 2 aliphatic rings. The second-order valence-corrected chi connectivity index (χ2v) is 22.2. The molecule has 4 amide bonds. The summed E-state index contributed by atoms with van der Waals surface area (Å²) in [6.07, 6.45) is 8.60. The summed E-state index contributed by atoms with van der Waals surface area (Å²) in [4.78, 5) is 69.4. The number of ether oxygens (including phenoxy) is 12. The van der Waals surface area contributed by atoms with Crippen molar-refractivity contribution in [1.29, 1.82) is 0 Å². The third-order valence-corrected chi connectivity index (χ3v) is 14.9. The van der Waals surface area contributed by atoms with Crippen molar-refractivity contribution in [2.75, 3.05) is 165 Å². The predicted molar refractivity (Wildman–Crippen MR) is 320 cm³/mol. The molecule has 2 heterocycles. The number of esters is 1. The van der Waals surface area contributed by atoms with Crippen LogP contribution in [0.25, 0.3) is 6.08 Å². The minimum atomic E-state index is -3.36. The molecule has 2 aromatic rings. The zero-order valence-corrected chi connectivity index (χ0v) is 52.6. The van der Waals surface area contributed by atoms with E-state index in [9.17, 15) is 50.8 Å². The van der Waals surface area contributed by atoms with E-state index in [0.717, 1.165) is 60.4 Å². The first-order chi connectivity index (χ1) is 43.6. The number of hydrogen-bond donors (Lipinski definition) is 6. The number of amidine groups is 1. The van der Waals surface area contributed by atoms with Crippen LogP contribution in [0, 0.1) is 23.3 Å². The van der Waals surface area contributed by atoms with E-state index in [1.54, 1.807) is 16.2 Å². The van der Waals surface area contributed by atoms with Gasteiger partial charge in [-0.3, -0.25) is 19.2 Å². The molecule has 4 rings (SSSR count). The molecule has 0 spiro atoms. The summed E-state index contributed by atoms with van der Waals surface area (Å²) < 4.78 is 139. The van der Waals surface area contributed by atoms with E-state index < -0.39 is 87.9 Å². The van der Waals surface area contributed by atoms with Gasteiger partial charge in [0.15, 0.2) is 22.7 Å². The lowest BCUT2D eigenvalue weighted by Gasteiger charge is -2.25. The molecule has 0 bridgehead atoms. The Kier molecular flexibility index (Phi) is 40.0. The Labute approximate surface area is 528 Å². The monoisotopic (exact) mass is 1330 g/mol. The van der Waals surface area contributed by atoms with Crippen LogP contribution in [0.4, 0.5) is 28.0 Å². The molecule has 1 aromatic carbocycles. The topological polar surface area (TPSA) is 331 Å². The smallest absolute Gasteiger partial charge is 0.407 e. The maximum absolute atomic E-state index is 14.0. The number of carbonyl (C=O) groups is 5. The van der Waals surface area contributed by atoms with Gasteiger partial charge in [-0.05, 0) is 63.5 Å². The number of aliphatic hydroxyl groups excluding tert-OH is 1. The molecule has 2 atom stereocenters. The summed E-state index contributed by atoms with van der Waals surface area (Å²) in [5.41, 5.74) is 7.60. The first-order valence-corrected chi connectivity index (χ1v) is 32.1. The Hall–Kier alpha value is -5.33. The highest BCUT2D eigenvalue weighted by Gasteiger charge is 2.31. The van der Waals surface area contributed by atoms with Gasteiger partial charge in [0.2, 0.25) is 35.1 Å². The molecule has 510 valence electrons. The van der Waals surface area contributed by atoms with Gasteiger partial charge in [0.25, 0.3) is 0 Å². The molecular weight excluding hydrogens is 1240 g/mol. The number of unbranched alkanes of at least 4 members (excludes halogenated alkanes) is 2. The van der Waals surface area contributed by atoms with Crippen LogP contribution in [0.2, 0.25) is 0 Å².